The van der Waals surface area contributed by atoms with Gasteiger partial charge in [0.2, 0.25) is 0 Å². The molecule has 4 nitrogen and oxygen atoms in total. The Kier molecular flexibility index (Phi) is 4.42. The van der Waals surface area contributed by atoms with E-state index in [2.05, 4.69) is 0 Å². The Morgan fingerprint density at radius 1 is 1.24 bits per heavy atom. The molecule has 0 amide bonds. The maximum absolute atomic E-state index is 13.7. The number of methoxy groups -OCH3 is 1. The molecule has 0 unspecified atom stereocenters. The summed E-state index contributed by atoms with van der Waals surface area (Å²) in [5.74, 6) is -0.767. The second-order valence-corrected chi connectivity index (χ2v) is 4.68. The van der Waals surface area contributed by atoms with Gasteiger partial charge < -0.3 is 15.4 Å². The van der Waals surface area contributed by atoms with Crippen LogP contribution in [0.25, 0.3) is 0 Å². The van der Waals surface area contributed by atoms with E-state index in [4.69, 9.17) is 10.5 Å². The number of halogens is 1. The van der Waals surface area contributed by atoms with Gasteiger partial charge in [0.15, 0.2) is 0 Å². The van der Waals surface area contributed by atoms with Gasteiger partial charge in [-0.3, -0.25) is 0 Å². The smallest absolute Gasteiger partial charge is 0.340 e. The van der Waals surface area contributed by atoms with Crippen molar-refractivity contribution in [3.63, 3.8) is 0 Å². The monoisotopic (exact) mass is 288 g/mol. The van der Waals surface area contributed by atoms with Crippen LogP contribution in [0.15, 0.2) is 42.5 Å². The standard InChI is InChI=1S/C16H17FN2O2/c1-19(10-11-6-3-4-8-13(11)17)15-12(16(20)21-2)7-5-9-14(15)18/h3-9H,10,18H2,1-2H3. The molecule has 21 heavy (non-hydrogen) atoms. The lowest BCUT2D eigenvalue weighted by Crippen LogP contribution is -2.22. The van der Waals surface area contributed by atoms with Crippen molar-refractivity contribution in [1.82, 2.24) is 0 Å². The third kappa shape index (κ3) is 3.13. The van der Waals surface area contributed by atoms with Crippen molar-refractivity contribution in [1.29, 1.82) is 0 Å². The number of hydrogen-bond acceptors (Lipinski definition) is 4. The quantitative estimate of drug-likeness (QED) is 0.694. The number of nitrogen functional groups attached to an aromatic ring is 1. The normalized spacial score (nSPS) is 10.2. The van der Waals surface area contributed by atoms with Crippen LogP contribution in [0.1, 0.15) is 15.9 Å². The predicted molar refractivity (Wildman–Crippen MR) is 80.7 cm³/mol. The molecule has 2 aromatic carbocycles. The van der Waals surface area contributed by atoms with Gasteiger partial charge in [-0.15, -0.1) is 0 Å². The lowest BCUT2D eigenvalue weighted by Gasteiger charge is -2.23. The van der Waals surface area contributed by atoms with Gasteiger partial charge in [-0.05, 0) is 18.2 Å². The fourth-order valence-electron chi connectivity index (χ4n) is 2.22. The fourth-order valence-corrected chi connectivity index (χ4v) is 2.22. The number of nitrogens with zero attached hydrogens (tertiary/aromatic N) is 1. The van der Waals surface area contributed by atoms with E-state index in [0.717, 1.165) is 0 Å². The molecule has 0 aliphatic heterocycles. The van der Waals surface area contributed by atoms with Gasteiger partial charge in [-0.2, -0.15) is 0 Å². The zero-order chi connectivity index (χ0) is 15.4. The van der Waals surface area contributed by atoms with Gasteiger partial charge in [0, 0.05) is 19.2 Å². The summed E-state index contributed by atoms with van der Waals surface area (Å²) in [4.78, 5) is 13.6. The molecular formula is C16H17FN2O2. The number of carbonyl (C=O) groups excluding carboxylic acids is 1. The van der Waals surface area contributed by atoms with Crippen molar-refractivity contribution in [2.24, 2.45) is 0 Å². The van der Waals surface area contributed by atoms with Crippen LogP contribution in [0.4, 0.5) is 15.8 Å². The van der Waals surface area contributed by atoms with Crippen molar-refractivity contribution in [3.05, 3.63) is 59.4 Å². The van der Waals surface area contributed by atoms with Crippen molar-refractivity contribution in [3.8, 4) is 0 Å². The van der Waals surface area contributed by atoms with Crippen molar-refractivity contribution >= 4 is 17.3 Å². The highest BCUT2D eigenvalue weighted by Gasteiger charge is 2.18. The van der Waals surface area contributed by atoms with E-state index < -0.39 is 5.97 Å². The molecule has 0 radical (unpaired) electrons. The molecule has 0 atom stereocenters. The third-order valence-corrected chi connectivity index (χ3v) is 3.22. The molecule has 0 bridgehead atoms. The molecule has 0 fully saturated rings. The third-order valence-electron chi connectivity index (χ3n) is 3.22. The summed E-state index contributed by atoms with van der Waals surface area (Å²) in [6, 6.07) is 11.5. The van der Waals surface area contributed by atoms with Gasteiger partial charge in [0.1, 0.15) is 5.82 Å². The Bertz CT molecular complexity index is 658. The average molecular weight is 288 g/mol. The van der Waals surface area contributed by atoms with Crippen LogP contribution in [0.2, 0.25) is 0 Å². The summed E-state index contributed by atoms with van der Waals surface area (Å²) < 4.78 is 18.5. The molecular weight excluding hydrogens is 271 g/mol. The lowest BCUT2D eigenvalue weighted by molar-refractivity contribution is 0.0601. The summed E-state index contributed by atoms with van der Waals surface area (Å²) in [5, 5.41) is 0. The first-order chi connectivity index (χ1) is 10.0. The molecule has 0 saturated carbocycles. The minimum atomic E-state index is -0.474. The fraction of sp³-hybridized carbons (Fsp3) is 0.188. The number of anilines is 2. The zero-order valence-corrected chi connectivity index (χ0v) is 12.0. The highest BCUT2D eigenvalue weighted by atomic mass is 19.1. The number of hydrogen-bond donors (Lipinski definition) is 1. The highest BCUT2D eigenvalue weighted by molar-refractivity contribution is 5.99. The van der Waals surface area contributed by atoms with Crippen molar-refractivity contribution in [2.45, 2.75) is 6.54 Å². The van der Waals surface area contributed by atoms with Gasteiger partial charge in [-0.1, -0.05) is 24.3 Å². The Morgan fingerprint density at radius 3 is 2.62 bits per heavy atom. The summed E-state index contributed by atoms with van der Waals surface area (Å²) in [6.07, 6.45) is 0. The van der Waals surface area contributed by atoms with Crippen LogP contribution >= 0.6 is 0 Å². The predicted octanol–water partition coefficient (Wildman–Crippen LogP) is 2.83. The number of esters is 1. The van der Waals surface area contributed by atoms with Crippen LogP contribution in [0, 0.1) is 5.82 Å². The zero-order valence-electron chi connectivity index (χ0n) is 12.0. The molecule has 2 rings (SSSR count). The Labute approximate surface area is 122 Å². The number of benzene rings is 2. The summed E-state index contributed by atoms with van der Waals surface area (Å²) in [7, 11) is 3.07. The van der Waals surface area contributed by atoms with E-state index in [1.807, 2.05) is 0 Å². The SMILES string of the molecule is COC(=O)c1cccc(N)c1N(C)Cc1ccccc1F. The van der Waals surface area contributed by atoms with Crippen LogP contribution in [0.5, 0.6) is 0 Å². The summed E-state index contributed by atoms with van der Waals surface area (Å²) >= 11 is 0. The molecule has 2 aromatic rings. The van der Waals surface area contributed by atoms with E-state index in [-0.39, 0.29) is 5.82 Å². The number of carbonyl (C=O) groups is 1. The van der Waals surface area contributed by atoms with E-state index >= 15 is 0 Å². The second-order valence-electron chi connectivity index (χ2n) is 4.68. The molecule has 110 valence electrons. The molecule has 0 saturated heterocycles. The maximum atomic E-state index is 13.7. The van der Waals surface area contributed by atoms with Crippen LogP contribution in [0.3, 0.4) is 0 Å². The topological polar surface area (TPSA) is 55.6 Å². The van der Waals surface area contributed by atoms with Crippen LogP contribution in [-0.4, -0.2) is 20.1 Å². The van der Waals surface area contributed by atoms with Crippen molar-refractivity contribution in [2.75, 3.05) is 24.8 Å². The van der Waals surface area contributed by atoms with Crippen molar-refractivity contribution < 1.29 is 13.9 Å². The van der Waals surface area contributed by atoms with E-state index in [1.165, 1.54) is 13.2 Å². The van der Waals surface area contributed by atoms with E-state index in [9.17, 15) is 9.18 Å². The summed E-state index contributed by atoms with van der Waals surface area (Å²) in [5.41, 5.74) is 7.82. The first kappa shape index (κ1) is 14.8. The minimum absolute atomic E-state index is 0.293. The maximum Gasteiger partial charge on any atom is 0.340 e. The lowest BCUT2D eigenvalue weighted by atomic mass is 10.1. The molecule has 0 aromatic heterocycles. The van der Waals surface area contributed by atoms with Gasteiger partial charge in [-0.25, -0.2) is 9.18 Å². The molecule has 0 aliphatic carbocycles. The van der Waals surface area contributed by atoms with E-state index in [1.54, 1.807) is 48.3 Å². The Hall–Kier alpha value is -2.56. The van der Waals surface area contributed by atoms with E-state index in [0.29, 0.717) is 29.0 Å². The molecule has 0 heterocycles. The first-order valence-electron chi connectivity index (χ1n) is 6.46. The second kappa shape index (κ2) is 6.26. The van der Waals surface area contributed by atoms with Gasteiger partial charge in [0.05, 0.1) is 24.0 Å². The molecule has 0 spiro atoms. The largest absolute Gasteiger partial charge is 0.465 e. The van der Waals surface area contributed by atoms with Gasteiger partial charge in [0.25, 0.3) is 0 Å². The molecule has 2 N–H and O–H groups in total. The van der Waals surface area contributed by atoms with Gasteiger partial charge >= 0.3 is 5.97 Å². The highest BCUT2D eigenvalue weighted by Crippen LogP contribution is 2.29. The number of para-hydroxylation sites is 1. The Balaban J connectivity index is 2.37. The number of nitrogens with two attached hydrogens (primary N) is 1. The number of ether oxygens (including phenoxy) is 1. The number of rotatable bonds is 4. The minimum Gasteiger partial charge on any atom is -0.465 e. The summed E-state index contributed by atoms with van der Waals surface area (Å²) in [6.45, 7) is 0.297. The molecule has 5 heteroatoms. The molecule has 0 aliphatic rings. The first-order valence-corrected chi connectivity index (χ1v) is 6.46. The average Bonchev–Trinajstić information content (AvgIpc) is 2.48. The van der Waals surface area contributed by atoms with Crippen LogP contribution < -0.4 is 10.6 Å². The Morgan fingerprint density at radius 2 is 1.95 bits per heavy atom. The van der Waals surface area contributed by atoms with Crippen LogP contribution in [-0.2, 0) is 11.3 Å².